The van der Waals surface area contributed by atoms with Crippen LogP contribution >= 0.6 is 11.6 Å². The Morgan fingerprint density at radius 2 is 2.00 bits per heavy atom. The molecule has 3 nitrogen and oxygen atoms in total. The van der Waals surface area contributed by atoms with Gasteiger partial charge < -0.3 is 0 Å². The Morgan fingerprint density at radius 3 is 2.10 bits per heavy atom. The highest BCUT2D eigenvalue weighted by molar-refractivity contribution is 7.94. The van der Waals surface area contributed by atoms with E-state index in [0.717, 1.165) is 6.92 Å². The van der Waals surface area contributed by atoms with E-state index in [-0.39, 0.29) is 5.75 Å². The Hall–Kier alpha value is -0.0900. The molecule has 0 saturated heterocycles. The molecule has 0 bridgehead atoms. The van der Waals surface area contributed by atoms with Crippen LogP contribution in [0.1, 0.15) is 13.8 Å². The maximum atomic E-state index is 10.8. The summed E-state index contributed by atoms with van der Waals surface area (Å²) < 4.78 is 20.2. The molecule has 0 aliphatic carbocycles. The molecule has 0 aromatic heterocycles. The van der Waals surface area contributed by atoms with Crippen LogP contribution in [0, 0.1) is 0 Å². The van der Waals surface area contributed by atoms with Crippen molar-refractivity contribution < 1.29 is 13.2 Å². The Labute approximate surface area is 65.3 Å². The summed E-state index contributed by atoms with van der Waals surface area (Å²) in [5.41, 5.74) is 0. The molecule has 0 unspecified atom stereocenters. The van der Waals surface area contributed by atoms with Crippen molar-refractivity contribution in [3.05, 3.63) is 0 Å². The van der Waals surface area contributed by atoms with Crippen molar-refractivity contribution in [3.63, 3.8) is 0 Å². The van der Waals surface area contributed by atoms with Crippen LogP contribution in [-0.4, -0.2) is 24.7 Å². The molecule has 0 amide bonds. The minimum absolute atomic E-state index is 0.0965. The quantitative estimate of drug-likeness (QED) is 0.603. The summed E-state index contributed by atoms with van der Waals surface area (Å²) in [6.07, 6.45) is 0. The van der Waals surface area contributed by atoms with Crippen molar-refractivity contribution in [1.82, 2.24) is 0 Å². The number of sulfone groups is 1. The van der Waals surface area contributed by atoms with Gasteiger partial charge in [-0.05, 0) is 6.92 Å². The van der Waals surface area contributed by atoms with Crippen LogP contribution in [0.15, 0.2) is 0 Å². The van der Waals surface area contributed by atoms with E-state index in [1.165, 1.54) is 6.92 Å². The van der Waals surface area contributed by atoms with Crippen molar-refractivity contribution in [2.75, 3.05) is 5.75 Å². The number of ketones is 1. The molecule has 0 rings (SSSR count). The Morgan fingerprint density at radius 1 is 1.60 bits per heavy atom. The fourth-order valence-electron chi connectivity index (χ4n) is 0.399. The van der Waals surface area contributed by atoms with Gasteiger partial charge in [0.25, 0.3) is 0 Å². The average Bonchev–Trinajstić information content (AvgIpc) is 1.86. The van der Waals surface area contributed by atoms with Gasteiger partial charge in [-0.25, -0.2) is 8.42 Å². The standard InChI is InChI=1S/C5H9ClO3S/c1-3-10(8,9)5(6)4(2)7/h5H,3H2,1-2H3/t5-/m0/s1. The molecular weight excluding hydrogens is 176 g/mol. The average molecular weight is 185 g/mol. The highest BCUT2D eigenvalue weighted by Crippen LogP contribution is 2.07. The maximum absolute atomic E-state index is 10.8. The van der Waals surface area contributed by atoms with E-state index < -0.39 is 20.3 Å². The van der Waals surface area contributed by atoms with Crippen LogP contribution in [0.5, 0.6) is 0 Å². The Balaban J connectivity index is 4.51. The van der Waals surface area contributed by atoms with Crippen molar-refractivity contribution in [2.45, 2.75) is 18.6 Å². The van der Waals surface area contributed by atoms with Crippen LogP contribution in [0.3, 0.4) is 0 Å². The van der Waals surface area contributed by atoms with Crippen LogP contribution in [-0.2, 0) is 14.6 Å². The molecule has 0 heterocycles. The number of rotatable bonds is 3. The first kappa shape index (κ1) is 9.91. The SMILES string of the molecule is CCS(=O)(=O)[C@H](Cl)C(C)=O. The van der Waals surface area contributed by atoms with E-state index in [9.17, 15) is 13.2 Å². The van der Waals surface area contributed by atoms with Crippen molar-refractivity contribution in [1.29, 1.82) is 0 Å². The summed E-state index contributed by atoms with van der Waals surface area (Å²) in [6, 6.07) is 0. The Kier molecular flexibility index (Phi) is 3.31. The van der Waals surface area contributed by atoms with Gasteiger partial charge in [0.1, 0.15) is 0 Å². The third-order valence-corrected chi connectivity index (χ3v) is 3.93. The summed E-state index contributed by atoms with van der Waals surface area (Å²) in [5.74, 6) is -0.621. The number of Topliss-reactive ketones (excluding diaryl/α,β-unsaturated/α-hetero) is 1. The van der Waals surface area contributed by atoms with Crippen molar-refractivity contribution in [2.24, 2.45) is 0 Å². The van der Waals surface area contributed by atoms with E-state index in [2.05, 4.69) is 0 Å². The largest absolute Gasteiger partial charge is 0.297 e. The van der Waals surface area contributed by atoms with E-state index in [1.807, 2.05) is 0 Å². The lowest BCUT2D eigenvalue weighted by atomic mass is 10.5. The van der Waals surface area contributed by atoms with Gasteiger partial charge >= 0.3 is 0 Å². The van der Waals surface area contributed by atoms with Crippen LogP contribution < -0.4 is 0 Å². The van der Waals surface area contributed by atoms with Crippen LogP contribution in [0.25, 0.3) is 0 Å². The molecule has 10 heavy (non-hydrogen) atoms. The molecule has 60 valence electrons. The topological polar surface area (TPSA) is 51.2 Å². The van der Waals surface area contributed by atoms with Gasteiger partial charge in [0.2, 0.25) is 0 Å². The number of halogens is 1. The van der Waals surface area contributed by atoms with E-state index in [4.69, 9.17) is 11.6 Å². The number of carbonyl (C=O) groups excluding carboxylic acids is 1. The lowest BCUT2D eigenvalue weighted by Crippen LogP contribution is -2.23. The van der Waals surface area contributed by atoms with E-state index in [0.29, 0.717) is 0 Å². The zero-order valence-corrected chi connectivity index (χ0v) is 7.37. The fourth-order valence-corrected chi connectivity index (χ4v) is 1.58. The minimum atomic E-state index is -3.38. The highest BCUT2D eigenvalue weighted by atomic mass is 35.5. The monoisotopic (exact) mass is 184 g/mol. The number of alkyl halides is 1. The molecule has 0 aliphatic heterocycles. The van der Waals surface area contributed by atoms with E-state index in [1.54, 1.807) is 0 Å². The highest BCUT2D eigenvalue weighted by Gasteiger charge is 2.24. The number of carbonyl (C=O) groups is 1. The molecule has 0 saturated carbocycles. The molecule has 0 radical (unpaired) electrons. The molecular formula is C5H9ClO3S. The zero-order valence-electron chi connectivity index (χ0n) is 5.80. The molecule has 0 aliphatic rings. The summed E-state index contributed by atoms with van der Waals surface area (Å²) in [6.45, 7) is 2.61. The smallest absolute Gasteiger partial charge is 0.192 e. The molecule has 5 heteroatoms. The van der Waals surface area contributed by atoms with Gasteiger partial charge in [-0.2, -0.15) is 0 Å². The zero-order chi connectivity index (χ0) is 8.36. The predicted octanol–water partition coefficient (Wildman–Crippen LogP) is 0.575. The predicted molar refractivity (Wildman–Crippen MR) is 39.8 cm³/mol. The summed E-state index contributed by atoms with van der Waals surface area (Å²) in [5, 5.41) is 0. The normalized spacial score (nSPS) is 14.7. The second-order valence-electron chi connectivity index (χ2n) is 1.88. The fraction of sp³-hybridized carbons (Fsp3) is 0.800. The molecule has 0 aromatic carbocycles. The first-order valence-electron chi connectivity index (χ1n) is 2.78. The van der Waals surface area contributed by atoms with Gasteiger partial charge in [0.15, 0.2) is 20.3 Å². The lowest BCUT2D eigenvalue weighted by Gasteiger charge is -2.03. The van der Waals surface area contributed by atoms with Crippen molar-refractivity contribution in [3.8, 4) is 0 Å². The van der Waals surface area contributed by atoms with Gasteiger partial charge in [-0.1, -0.05) is 18.5 Å². The molecule has 0 spiro atoms. The van der Waals surface area contributed by atoms with Gasteiger partial charge in [0, 0.05) is 5.75 Å². The third-order valence-electron chi connectivity index (χ3n) is 1.04. The number of hydrogen-bond donors (Lipinski definition) is 0. The maximum Gasteiger partial charge on any atom is 0.192 e. The molecule has 0 aromatic rings. The molecule has 0 N–H and O–H groups in total. The Bertz CT molecular complexity index is 219. The second kappa shape index (κ2) is 3.34. The van der Waals surface area contributed by atoms with E-state index >= 15 is 0 Å². The summed E-state index contributed by atoms with van der Waals surface area (Å²) in [4.78, 5) is 10.4. The van der Waals surface area contributed by atoms with Crippen molar-refractivity contribution >= 4 is 27.2 Å². The first-order chi connectivity index (χ1) is 4.41. The lowest BCUT2D eigenvalue weighted by molar-refractivity contribution is -0.115. The third kappa shape index (κ3) is 2.27. The second-order valence-corrected chi connectivity index (χ2v) is 4.95. The minimum Gasteiger partial charge on any atom is -0.297 e. The summed E-state index contributed by atoms with van der Waals surface area (Å²) >= 11 is 5.27. The molecule has 1 atom stereocenters. The van der Waals surface area contributed by atoms with Gasteiger partial charge in [0.05, 0.1) is 0 Å². The molecule has 0 fully saturated rings. The van der Waals surface area contributed by atoms with Gasteiger partial charge in [-0.15, -0.1) is 0 Å². The van der Waals surface area contributed by atoms with Gasteiger partial charge in [-0.3, -0.25) is 4.79 Å². The van der Waals surface area contributed by atoms with Crippen LogP contribution in [0.4, 0.5) is 0 Å². The van der Waals surface area contributed by atoms with Crippen LogP contribution in [0.2, 0.25) is 0 Å². The summed E-state index contributed by atoms with van der Waals surface area (Å²) in [7, 11) is -3.38. The number of hydrogen-bond acceptors (Lipinski definition) is 3. The first-order valence-corrected chi connectivity index (χ1v) is 4.93.